The van der Waals surface area contributed by atoms with Crippen molar-refractivity contribution in [1.29, 1.82) is 0 Å². The number of rotatable bonds is 3. The van der Waals surface area contributed by atoms with E-state index in [2.05, 4.69) is 20.9 Å². The second-order valence-corrected chi connectivity index (χ2v) is 3.65. The fourth-order valence-electron chi connectivity index (χ4n) is 1.01. The van der Waals surface area contributed by atoms with E-state index >= 15 is 0 Å². The van der Waals surface area contributed by atoms with Crippen molar-refractivity contribution < 1.29 is 18.7 Å². The maximum Gasteiger partial charge on any atom is 0.355 e. The zero-order valence-electron chi connectivity index (χ0n) is 7.18. The summed E-state index contributed by atoms with van der Waals surface area (Å²) in [5, 5.41) is 8.69. The summed E-state index contributed by atoms with van der Waals surface area (Å²) in [5.41, 5.74) is -0.629. The van der Waals surface area contributed by atoms with Crippen LogP contribution in [0.3, 0.4) is 0 Å². The van der Waals surface area contributed by atoms with Crippen molar-refractivity contribution in [2.24, 2.45) is 0 Å². The average Bonchev–Trinajstić information content (AvgIpc) is 2.16. The quantitative estimate of drug-likeness (QED) is 0.872. The van der Waals surface area contributed by atoms with Gasteiger partial charge < -0.3 is 5.11 Å². The van der Waals surface area contributed by atoms with E-state index in [0.717, 1.165) is 6.20 Å². The molecule has 0 aliphatic carbocycles. The molecule has 0 aliphatic rings. The number of carboxylic acids is 1. The molecule has 82 valence electrons. The Morgan fingerprint density at radius 3 is 2.67 bits per heavy atom. The first-order valence-electron chi connectivity index (χ1n) is 3.73. The molecule has 0 atom stereocenters. The van der Waals surface area contributed by atoms with Crippen LogP contribution in [0.1, 0.15) is 28.0 Å². The van der Waals surface area contributed by atoms with Crippen LogP contribution in [0.4, 0.5) is 8.78 Å². The van der Waals surface area contributed by atoms with E-state index in [1.165, 1.54) is 0 Å². The molecule has 0 radical (unpaired) electrons. The van der Waals surface area contributed by atoms with E-state index in [1.807, 2.05) is 0 Å². The predicted octanol–water partition coefficient (Wildman–Crippen LogP) is 3.22. The van der Waals surface area contributed by atoms with E-state index in [1.54, 1.807) is 0 Å². The highest BCUT2D eigenvalue weighted by Crippen LogP contribution is 2.31. The average molecular weight is 300 g/mol. The summed E-state index contributed by atoms with van der Waals surface area (Å²) in [7, 11) is 0. The Kier molecular flexibility index (Phi) is 3.98. The van der Waals surface area contributed by atoms with Crippen molar-refractivity contribution in [3.05, 3.63) is 27.5 Å². The molecule has 0 aliphatic heterocycles. The van der Waals surface area contributed by atoms with Crippen LogP contribution in [0.25, 0.3) is 0 Å². The summed E-state index contributed by atoms with van der Waals surface area (Å²) in [6, 6.07) is 0. The first-order valence-corrected chi connectivity index (χ1v) is 5.06. The Bertz CT molecular complexity index is 400. The molecule has 0 fully saturated rings. The molecule has 1 aromatic rings. The number of aromatic carboxylic acids is 1. The minimum Gasteiger partial charge on any atom is -0.476 e. The van der Waals surface area contributed by atoms with E-state index in [4.69, 9.17) is 16.7 Å². The molecule has 0 saturated heterocycles. The van der Waals surface area contributed by atoms with Crippen LogP contribution in [-0.2, 0) is 5.88 Å². The molecule has 1 N–H and O–H groups in total. The van der Waals surface area contributed by atoms with Gasteiger partial charge in [0.2, 0.25) is 0 Å². The summed E-state index contributed by atoms with van der Waals surface area (Å²) in [5.74, 6) is -1.50. The molecule has 0 spiro atoms. The summed E-state index contributed by atoms with van der Waals surface area (Å²) in [6.45, 7) is 0. The Morgan fingerprint density at radius 2 is 2.27 bits per heavy atom. The molecule has 15 heavy (non-hydrogen) atoms. The SMILES string of the molecule is O=C(O)c1ncc(C(F)F)c(CCl)c1Br. The predicted molar refractivity (Wildman–Crippen MR) is 53.4 cm³/mol. The van der Waals surface area contributed by atoms with Crippen LogP contribution in [-0.4, -0.2) is 16.1 Å². The second-order valence-electron chi connectivity index (χ2n) is 2.59. The number of alkyl halides is 3. The summed E-state index contributed by atoms with van der Waals surface area (Å²) in [6.07, 6.45) is -1.90. The third-order valence-electron chi connectivity index (χ3n) is 1.73. The zero-order valence-corrected chi connectivity index (χ0v) is 9.52. The third kappa shape index (κ3) is 2.43. The topological polar surface area (TPSA) is 50.2 Å². The Hall–Kier alpha value is -0.750. The van der Waals surface area contributed by atoms with Gasteiger partial charge in [0, 0.05) is 17.6 Å². The molecule has 0 saturated carbocycles. The molecule has 0 amide bonds. The second kappa shape index (κ2) is 4.85. The molecular formula is C8H5BrClF2NO2. The maximum absolute atomic E-state index is 12.5. The van der Waals surface area contributed by atoms with Crippen molar-refractivity contribution in [1.82, 2.24) is 4.98 Å². The van der Waals surface area contributed by atoms with Gasteiger partial charge in [0.1, 0.15) is 0 Å². The van der Waals surface area contributed by atoms with Gasteiger partial charge in [-0.15, -0.1) is 11.6 Å². The number of halogens is 4. The van der Waals surface area contributed by atoms with E-state index in [0.29, 0.717) is 0 Å². The zero-order chi connectivity index (χ0) is 11.6. The number of hydrogen-bond donors (Lipinski definition) is 1. The molecular weight excluding hydrogens is 295 g/mol. The maximum atomic E-state index is 12.5. The highest BCUT2D eigenvalue weighted by molar-refractivity contribution is 9.10. The summed E-state index contributed by atoms with van der Waals surface area (Å²) >= 11 is 8.37. The fraction of sp³-hybridized carbons (Fsp3) is 0.250. The van der Waals surface area contributed by atoms with Gasteiger partial charge in [0.25, 0.3) is 6.43 Å². The summed E-state index contributed by atoms with van der Waals surface area (Å²) < 4.78 is 24.9. The normalized spacial score (nSPS) is 10.7. The van der Waals surface area contributed by atoms with E-state index < -0.39 is 12.4 Å². The van der Waals surface area contributed by atoms with Gasteiger partial charge in [-0.05, 0) is 21.5 Å². The van der Waals surface area contributed by atoms with E-state index in [9.17, 15) is 13.6 Å². The first kappa shape index (κ1) is 12.3. The van der Waals surface area contributed by atoms with Crippen LogP contribution in [0.15, 0.2) is 10.7 Å². The van der Waals surface area contributed by atoms with Crippen molar-refractivity contribution in [2.75, 3.05) is 0 Å². The molecule has 1 aromatic heterocycles. The Labute approximate surface area is 97.2 Å². The standard InChI is InChI=1S/C8H5BrClF2NO2/c9-5-3(1-10)4(7(11)12)2-13-6(5)8(14)15/h2,7H,1H2,(H,14,15). The molecule has 0 bridgehead atoms. The van der Waals surface area contributed by atoms with Gasteiger partial charge in [-0.2, -0.15) is 0 Å². The third-order valence-corrected chi connectivity index (χ3v) is 2.85. The number of carbonyl (C=O) groups is 1. The van der Waals surface area contributed by atoms with Gasteiger partial charge in [-0.1, -0.05) is 0 Å². The molecule has 1 rings (SSSR count). The largest absolute Gasteiger partial charge is 0.476 e. The molecule has 0 aromatic carbocycles. The minimum atomic E-state index is -2.73. The molecule has 0 unspecified atom stereocenters. The van der Waals surface area contributed by atoms with E-state index in [-0.39, 0.29) is 27.2 Å². The van der Waals surface area contributed by atoms with Crippen molar-refractivity contribution >= 4 is 33.5 Å². The first-order chi connectivity index (χ1) is 6.99. The molecule has 7 heteroatoms. The van der Waals surface area contributed by atoms with Gasteiger partial charge in [-0.3, -0.25) is 0 Å². The van der Waals surface area contributed by atoms with Crippen LogP contribution < -0.4 is 0 Å². The van der Waals surface area contributed by atoms with Gasteiger partial charge in [0.15, 0.2) is 5.69 Å². The molecule has 1 heterocycles. The lowest BCUT2D eigenvalue weighted by Gasteiger charge is -2.09. The highest BCUT2D eigenvalue weighted by Gasteiger charge is 2.21. The van der Waals surface area contributed by atoms with Crippen LogP contribution in [0.5, 0.6) is 0 Å². The summed E-state index contributed by atoms with van der Waals surface area (Å²) in [4.78, 5) is 14.1. The smallest absolute Gasteiger partial charge is 0.355 e. The van der Waals surface area contributed by atoms with Crippen LogP contribution in [0.2, 0.25) is 0 Å². The molecule has 3 nitrogen and oxygen atoms in total. The number of hydrogen-bond acceptors (Lipinski definition) is 2. The minimum absolute atomic E-state index is 0.00259. The highest BCUT2D eigenvalue weighted by atomic mass is 79.9. The van der Waals surface area contributed by atoms with Crippen molar-refractivity contribution in [2.45, 2.75) is 12.3 Å². The fourth-order valence-corrected chi connectivity index (χ4v) is 2.10. The number of carboxylic acid groups (broad SMARTS) is 1. The number of nitrogens with zero attached hydrogens (tertiary/aromatic N) is 1. The van der Waals surface area contributed by atoms with Crippen molar-refractivity contribution in [3.63, 3.8) is 0 Å². The number of aromatic nitrogens is 1. The lowest BCUT2D eigenvalue weighted by atomic mass is 10.1. The van der Waals surface area contributed by atoms with Crippen LogP contribution in [0, 0.1) is 0 Å². The number of pyridine rings is 1. The Morgan fingerprint density at radius 1 is 1.67 bits per heavy atom. The van der Waals surface area contributed by atoms with Gasteiger partial charge >= 0.3 is 5.97 Å². The lowest BCUT2D eigenvalue weighted by Crippen LogP contribution is -2.06. The lowest BCUT2D eigenvalue weighted by molar-refractivity contribution is 0.0688. The van der Waals surface area contributed by atoms with Crippen LogP contribution >= 0.6 is 27.5 Å². The van der Waals surface area contributed by atoms with Gasteiger partial charge in [0.05, 0.1) is 4.47 Å². The monoisotopic (exact) mass is 299 g/mol. The van der Waals surface area contributed by atoms with Crippen molar-refractivity contribution in [3.8, 4) is 0 Å². The Balaban J connectivity index is 3.39. The van der Waals surface area contributed by atoms with Gasteiger partial charge in [-0.25, -0.2) is 18.6 Å².